The fourth-order valence-electron chi connectivity index (χ4n) is 1.20. The van der Waals surface area contributed by atoms with Crippen LogP contribution in [0.4, 0.5) is 0 Å². The molecule has 0 saturated carbocycles. The standard InChI is InChI=1S/C12H14O3/c1-9-3-4-10(7-11(9)8-13)5-6-12(14)15-2/h3-7,13H,8H2,1-2H3. The van der Waals surface area contributed by atoms with Gasteiger partial charge in [0.1, 0.15) is 0 Å². The lowest BCUT2D eigenvalue weighted by Gasteiger charge is -2.02. The number of aliphatic hydroxyl groups excluding tert-OH is 1. The lowest BCUT2D eigenvalue weighted by Crippen LogP contribution is -1.94. The number of ether oxygens (including phenoxy) is 1. The van der Waals surface area contributed by atoms with E-state index in [1.165, 1.54) is 13.2 Å². The Kier molecular flexibility index (Phi) is 4.06. The van der Waals surface area contributed by atoms with Gasteiger partial charge in [-0.2, -0.15) is 0 Å². The van der Waals surface area contributed by atoms with E-state index in [4.69, 9.17) is 5.11 Å². The molecule has 0 unspecified atom stereocenters. The predicted molar refractivity (Wildman–Crippen MR) is 58.2 cm³/mol. The van der Waals surface area contributed by atoms with E-state index in [0.717, 1.165) is 16.7 Å². The van der Waals surface area contributed by atoms with Crippen molar-refractivity contribution in [2.75, 3.05) is 7.11 Å². The molecule has 0 bridgehead atoms. The lowest BCUT2D eigenvalue weighted by atomic mass is 10.1. The summed E-state index contributed by atoms with van der Waals surface area (Å²) in [6.07, 6.45) is 3.01. The molecule has 0 saturated heterocycles. The molecule has 0 heterocycles. The topological polar surface area (TPSA) is 46.5 Å². The molecule has 0 aliphatic rings. The minimum Gasteiger partial charge on any atom is -0.466 e. The van der Waals surface area contributed by atoms with Crippen LogP contribution in [0, 0.1) is 6.92 Å². The van der Waals surface area contributed by atoms with Gasteiger partial charge in [-0.1, -0.05) is 12.1 Å². The van der Waals surface area contributed by atoms with E-state index in [0.29, 0.717) is 0 Å². The maximum absolute atomic E-state index is 10.8. The third kappa shape index (κ3) is 3.22. The first-order valence-electron chi connectivity index (χ1n) is 4.63. The summed E-state index contributed by atoms with van der Waals surface area (Å²) in [6.45, 7) is 1.94. The molecule has 0 aliphatic heterocycles. The zero-order valence-corrected chi connectivity index (χ0v) is 8.86. The Bertz CT molecular complexity index is 380. The molecule has 3 heteroatoms. The summed E-state index contributed by atoms with van der Waals surface area (Å²) >= 11 is 0. The lowest BCUT2D eigenvalue weighted by molar-refractivity contribution is -0.134. The third-order valence-electron chi connectivity index (χ3n) is 2.16. The molecule has 0 atom stereocenters. The highest BCUT2D eigenvalue weighted by Crippen LogP contribution is 2.12. The van der Waals surface area contributed by atoms with Crippen molar-refractivity contribution < 1.29 is 14.6 Å². The summed E-state index contributed by atoms with van der Waals surface area (Å²) in [5.74, 6) is -0.388. The first-order valence-corrected chi connectivity index (χ1v) is 4.63. The number of benzene rings is 1. The normalized spacial score (nSPS) is 10.6. The number of rotatable bonds is 3. The van der Waals surface area contributed by atoms with Crippen molar-refractivity contribution in [2.24, 2.45) is 0 Å². The van der Waals surface area contributed by atoms with Crippen LogP contribution < -0.4 is 0 Å². The Balaban J connectivity index is 2.87. The van der Waals surface area contributed by atoms with Crippen LogP contribution in [-0.2, 0) is 16.1 Å². The molecule has 1 N–H and O–H groups in total. The zero-order valence-electron chi connectivity index (χ0n) is 8.86. The van der Waals surface area contributed by atoms with Crippen LogP contribution in [0.5, 0.6) is 0 Å². The van der Waals surface area contributed by atoms with Crippen LogP contribution in [0.25, 0.3) is 6.08 Å². The van der Waals surface area contributed by atoms with Gasteiger partial charge in [-0.25, -0.2) is 4.79 Å². The summed E-state index contributed by atoms with van der Waals surface area (Å²) < 4.78 is 4.48. The number of aryl methyl sites for hydroxylation is 1. The van der Waals surface area contributed by atoms with Crippen LogP contribution in [0.15, 0.2) is 24.3 Å². The van der Waals surface area contributed by atoms with E-state index < -0.39 is 0 Å². The van der Waals surface area contributed by atoms with Crippen LogP contribution in [0.2, 0.25) is 0 Å². The van der Waals surface area contributed by atoms with Gasteiger partial charge in [0.05, 0.1) is 13.7 Å². The van der Waals surface area contributed by atoms with Crippen LogP contribution >= 0.6 is 0 Å². The van der Waals surface area contributed by atoms with Crippen molar-refractivity contribution in [3.63, 3.8) is 0 Å². The van der Waals surface area contributed by atoms with Gasteiger partial charge in [0, 0.05) is 6.08 Å². The molecule has 0 aliphatic carbocycles. The first kappa shape index (κ1) is 11.5. The molecule has 0 fully saturated rings. The second-order valence-electron chi connectivity index (χ2n) is 3.20. The first-order chi connectivity index (χ1) is 7.17. The smallest absolute Gasteiger partial charge is 0.330 e. The Hall–Kier alpha value is -1.61. The van der Waals surface area contributed by atoms with Crippen molar-refractivity contribution >= 4 is 12.0 Å². The molecule has 1 aromatic rings. The molecular formula is C12H14O3. The number of aliphatic hydroxyl groups is 1. The Labute approximate surface area is 89.0 Å². The van der Waals surface area contributed by atoms with E-state index in [1.54, 1.807) is 6.08 Å². The van der Waals surface area contributed by atoms with E-state index >= 15 is 0 Å². The minimum atomic E-state index is -0.388. The fourth-order valence-corrected chi connectivity index (χ4v) is 1.20. The van der Waals surface area contributed by atoms with E-state index in [2.05, 4.69) is 4.74 Å². The van der Waals surface area contributed by atoms with Crippen molar-refractivity contribution in [3.8, 4) is 0 Å². The van der Waals surface area contributed by atoms with Crippen LogP contribution in [0.3, 0.4) is 0 Å². The highest BCUT2D eigenvalue weighted by atomic mass is 16.5. The second-order valence-corrected chi connectivity index (χ2v) is 3.20. The molecule has 3 nitrogen and oxygen atoms in total. The summed E-state index contributed by atoms with van der Waals surface area (Å²) in [5.41, 5.74) is 2.77. The van der Waals surface area contributed by atoms with Crippen molar-refractivity contribution in [1.82, 2.24) is 0 Å². The van der Waals surface area contributed by atoms with Crippen molar-refractivity contribution in [3.05, 3.63) is 41.0 Å². The van der Waals surface area contributed by atoms with E-state index in [9.17, 15) is 4.79 Å². The maximum atomic E-state index is 10.8. The summed E-state index contributed by atoms with van der Waals surface area (Å²) in [6, 6.07) is 5.63. The largest absolute Gasteiger partial charge is 0.466 e. The number of hydrogen-bond acceptors (Lipinski definition) is 3. The van der Waals surface area contributed by atoms with Gasteiger partial charge in [-0.05, 0) is 35.8 Å². The van der Waals surface area contributed by atoms with E-state index in [-0.39, 0.29) is 12.6 Å². The SMILES string of the molecule is COC(=O)C=Cc1ccc(C)c(CO)c1. The van der Waals surface area contributed by atoms with Crippen molar-refractivity contribution in [2.45, 2.75) is 13.5 Å². The third-order valence-corrected chi connectivity index (χ3v) is 2.16. The van der Waals surface area contributed by atoms with Gasteiger partial charge in [0.25, 0.3) is 0 Å². The molecule has 15 heavy (non-hydrogen) atoms. The number of carbonyl (C=O) groups is 1. The molecule has 1 aromatic carbocycles. The van der Waals surface area contributed by atoms with Gasteiger partial charge in [0.2, 0.25) is 0 Å². The van der Waals surface area contributed by atoms with Gasteiger partial charge in [0.15, 0.2) is 0 Å². The monoisotopic (exact) mass is 206 g/mol. The Morgan fingerprint density at radius 3 is 2.87 bits per heavy atom. The van der Waals surface area contributed by atoms with Gasteiger partial charge >= 0.3 is 5.97 Å². The van der Waals surface area contributed by atoms with Gasteiger partial charge < -0.3 is 9.84 Å². The average molecular weight is 206 g/mol. The van der Waals surface area contributed by atoms with Crippen LogP contribution in [0.1, 0.15) is 16.7 Å². The number of hydrogen-bond donors (Lipinski definition) is 1. The van der Waals surface area contributed by atoms with Gasteiger partial charge in [-0.3, -0.25) is 0 Å². The Morgan fingerprint density at radius 1 is 1.53 bits per heavy atom. The molecule has 0 aromatic heterocycles. The summed E-state index contributed by atoms with van der Waals surface area (Å²) in [4.78, 5) is 10.8. The number of methoxy groups -OCH3 is 1. The van der Waals surface area contributed by atoms with Crippen LogP contribution in [-0.4, -0.2) is 18.2 Å². The summed E-state index contributed by atoms with van der Waals surface area (Å²) in [5, 5.41) is 9.05. The molecule has 0 radical (unpaired) electrons. The highest BCUT2D eigenvalue weighted by Gasteiger charge is 1.98. The fraction of sp³-hybridized carbons (Fsp3) is 0.250. The number of carbonyl (C=O) groups excluding carboxylic acids is 1. The summed E-state index contributed by atoms with van der Waals surface area (Å²) in [7, 11) is 1.33. The molecular weight excluding hydrogens is 192 g/mol. The highest BCUT2D eigenvalue weighted by molar-refractivity contribution is 5.86. The molecule has 0 spiro atoms. The van der Waals surface area contributed by atoms with Gasteiger partial charge in [-0.15, -0.1) is 0 Å². The molecule has 80 valence electrons. The number of esters is 1. The average Bonchev–Trinajstić information content (AvgIpc) is 2.27. The second kappa shape index (κ2) is 5.32. The Morgan fingerprint density at radius 2 is 2.27 bits per heavy atom. The molecule has 0 amide bonds. The predicted octanol–water partition coefficient (Wildman–Crippen LogP) is 1.67. The van der Waals surface area contributed by atoms with Crippen molar-refractivity contribution in [1.29, 1.82) is 0 Å². The quantitative estimate of drug-likeness (QED) is 0.604. The van der Waals surface area contributed by atoms with E-state index in [1.807, 2.05) is 25.1 Å². The molecule has 1 rings (SSSR count). The zero-order chi connectivity index (χ0) is 11.3. The maximum Gasteiger partial charge on any atom is 0.330 e. The minimum absolute atomic E-state index is 0.00569.